The number of amides is 1. The number of aromatic hydroxyl groups is 1. The summed E-state index contributed by atoms with van der Waals surface area (Å²) in [5.41, 5.74) is 3.78. The number of sulfonamides is 1. The molecule has 0 heterocycles. The van der Waals surface area contributed by atoms with E-state index in [2.05, 4.69) is 10.5 Å². The summed E-state index contributed by atoms with van der Waals surface area (Å²) in [7, 11) is -0.497. The number of carbonyl (C=O) groups is 1. The number of anilines is 1. The van der Waals surface area contributed by atoms with E-state index in [0.29, 0.717) is 22.6 Å². The molecule has 0 saturated heterocycles. The molecule has 0 radical (unpaired) electrons. The van der Waals surface area contributed by atoms with E-state index in [1.54, 1.807) is 12.1 Å². The van der Waals surface area contributed by atoms with Gasteiger partial charge < -0.3 is 9.84 Å². The number of phenolic OH excluding ortho intramolecular Hbond substituents is 1. The number of carbonyl (C=O) groups excluding carboxylic acids is 1. The summed E-state index contributed by atoms with van der Waals surface area (Å²) >= 11 is 0. The molecule has 9 heteroatoms. The maximum absolute atomic E-state index is 12.1. The lowest BCUT2D eigenvalue weighted by Crippen LogP contribution is -2.25. The second-order valence-corrected chi connectivity index (χ2v) is 7.42. The molecule has 0 aliphatic rings. The quantitative estimate of drug-likeness (QED) is 0.587. The van der Waals surface area contributed by atoms with Crippen LogP contribution >= 0.6 is 0 Å². The Kier molecular flexibility index (Phi) is 5.83. The van der Waals surface area contributed by atoms with Crippen LogP contribution in [0, 0.1) is 0 Å². The first kappa shape index (κ1) is 19.3. The zero-order valence-corrected chi connectivity index (χ0v) is 15.3. The van der Waals surface area contributed by atoms with Crippen molar-refractivity contribution in [3.8, 4) is 11.5 Å². The van der Waals surface area contributed by atoms with Crippen LogP contribution in [0.1, 0.15) is 15.9 Å². The summed E-state index contributed by atoms with van der Waals surface area (Å²) in [5.74, 6) is -0.140. The lowest BCUT2D eigenvalue weighted by molar-refractivity contribution is 0.0955. The molecular formula is C17H19N3O5S. The van der Waals surface area contributed by atoms with Gasteiger partial charge in [0, 0.05) is 12.6 Å². The molecule has 2 aromatic rings. The minimum absolute atomic E-state index is 0.00726. The number of methoxy groups -OCH3 is 1. The van der Waals surface area contributed by atoms with Crippen LogP contribution in [0.25, 0.3) is 0 Å². The van der Waals surface area contributed by atoms with Crippen molar-refractivity contribution in [2.75, 3.05) is 24.7 Å². The van der Waals surface area contributed by atoms with Crippen LogP contribution in [0.5, 0.6) is 11.5 Å². The van der Waals surface area contributed by atoms with Gasteiger partial charge in [-0.3, -0.25) is 9.10 Å². The van der Waals surface area contributed by atoms with Gasteiger partial charge in [-0.15, -0.1) is 0 Å². The Hall–Kier alpha value is -3.07. The topological polar surface area (TPSA) is 108 Å². The fraction of sp³-hybridized carbons (Fsp3) is 0.176. The largest absolute Gasteiger partial charge is 0.504 e. The molecule has 2 N–H and O–H groups in total. The van der Waals surface area contributed by atoms with Crippen molar-refractivity contribution in [3.63, 3.8) is 0 Å². The van der Waals surface area contributed by atoms with Gasteiger partial charge in [-0.25, -0.2) is 13.8 Å². The molecule has 0 unspecified atom stereocenters. The molecule has 0 atom stereocenters. The maximum atomic E-state index is 12.1. The SMILES string of the molecule is COc1cc(/C=N\NC(=O)c2ccc(N(C)S(C)(=O)=O)cc2)ccc1O. The average Bonchev–Trinajstić information content (AvgIpc) is 2.61. The molecule has 1 amide bonds. The fourth-order valence-electron chi connectivity index (χ4n) is 2.02. The molecule has 2 rings (SSSR count). The minimum atomic E-state index is -3.36. The van der Waals surface area contributed by atoms with E-state index in [1.165, 1.54) is 50.7 Å². The summed E-state index contributed by atoms with van der Waals surface area (Å²) in [6.07, 6.45) is 2.51. The lowest BCUT2D eigenvalue weighted by atomic mass is 10.2. The summed E-state index contributed by atoms with van der Waals surface area (Å²) < 4.78 is 29.1. The molecule has 0 saturated carbocycles. The van der Waals surface area contributed by atoms with Gasteiger partial charge in [0.1, 0.15) is 0 Å². The molecular weight excluding hydrogens is 358 g/mol. The first-order valence-corrected chi connectivity index (χ1v) is 9.31. The van der Waals surface area contributed by atoms with Gasteiger partial charge in [-0.2, -0.15) is 5.10 Å². The van der Waals surface area contributed by atoms with E-state index in [-0.39, 0.29) is 5.75 Å². The first-order chi connectivity index (χ1) is 12.2. The third kappa shape index (κ3) is 4.73. The van der Waals surface area contributed by atoms with Gasteiger partial charge in [0.2, 0.25) is 10.0 Å². The Balaban J connectivity index is 2.04. The normalized spacial score (nSPS) is 11.3. The molecule has 0 aliphatic carbocycles. The summed E-state index contributed by atoms with van der Waals surface area (Å²) in [4.78, 5) is 12.1. The van der Waals surface area contributed by atoms with Crippen molar-refractivity contribution in [1.29, 1.82) is 0 Å². The maximum Gasteiger partial charge on any atom is 0.271 e. The van der Waals surface area contributed by atoms with Crippen LogP contribution in [0.4, 0.5) is 5.69 Å². The second kappa shape index (κ2) is 7.87. The van der Waals surface area contributed by atoms with E-state index < -0.39 is 15.9 Å². The molecule has 0 fully saturated rings. The van der Waals surface area contributed by atoms with Crippen molar-refractivity contribution in [1.82, 2.24) is 5.43 Å². The number of benzene rings is 2. The van der Waals surface area contributed by atoms with Crippen molar-refractivity contribution < 1.29 is 23.1 Å². The van der Waals surface area contributed by atoms with Crippen LogP contribution < -0.4 is 14.5 Å². The van der Waals surface area contributed by atoms with Crippen molar-refractivity contribution in [2.45, 2.75) is 0 Å². The summed E-state index contributed by atoms with van der Waals surface area (Å²) in [6, 6.07) is 10.7. The molecule has 8 nitrogen and oxygen atoms in total. The standard InChI is InChI=1S/C17H19N3O5S/c1-20(26(3,23)24)14-7-5-13(6-8-14)17(22)19-18-11-12-4-9-15(21)16(10-12)25-2/h4-11,21H,1-3H3,(H,19,22)/b18-11-. The third-order valence-electron chi connectivity index (χ3n) is 3.57. The van der Waals surface area contributed by atoms with E-state index in [4.69, 9.17) is 4.74 Å². The number of nitrogens with zero attached hydrogens (tertiary/aromatic N) is 2. The Morgan fingerprint density at radius 1 is 1.23 bits per heavy atom. The van der Waals surface area contributed by atoms with E-state index in [0.717, 1.165) is 10.6 Å². The number of rotatable bonds is 6. The Labute approximate surface area is 151 Å². The van der Waals surface area contributed by atoms with Crippen LogP contribution in [-0.4, -0.2) is 46.1 Å². The molecule has 138 valence electrons. The van der Waals surface area contributed by atoms with Crippen LogP contribution in [-0.2, 0) is 10.0 Å². The average molecular weight is 377 g/mol. The number of hydrazone groups is 1. The highest BCUT2D eigenvalue weighted by molar-refractivity contribution is 7.92. The van der Waals surface area contributed by atoms with Gasteiger partial charge in [0.25, 0.3) is 5.91 Å². The van der Waals surface area contributed by atoms with E-state index in [9.17, 15) is 18.3 Å². The monoisotopic (exact) mass is 377 g/mol. The van der Waals surface area contributed by atoms with Gasteiger partial charge in [-0.1, -0.05) is 0 Å². The third-order valence-corrected chi connectivity index (χ3v) is 4.78. The fourth-order valence-corrected chi connectivity index (χ4v) is 2.52. The molecule has 0 spiro atoms. The van der Waals surface area contributed by atoms with Gasteiger partial charge in [0.15, 0.2) is 11.5 Å². The number of ether oxygens (including phenoxy) is 1. The van der Waals surface area contributed by atoms with Crippen molar-refractivity contribution in [3.05, 3.63) is 53.6 Å². The van der Waals surface area contributed by atoms with Crippen molar-refractivity contribution in [2.24, 2.45) is 5.10 Å². The predicted molar refractivity (Wildman–Crippen MR) is 99.4 cm³/mol. The lowest BCUT2D eigenvalue weighted by Gasteiger charge is -2.16. The Morgan fingerprint density at radius 2 is 1.88 bits per heavy atom. The van der Waals surface area contributed by atoms with Crippen LogP contribution in [0.2, 0.25) is 0 Å². The zero-order chi connectivity index (χ0) is 19.3. The zero-order valence-electron chi connectivity index (χ0n) is 14.5. The summed E-state index contributed by atoms with van der Waals surface area (Å²) in [6.45, 7) is 0. The number of hydrogen-bond donors (Lipinski definition) is 2. The molecule has 2 aromatic carbocycles. The highest BCUT2D eigenvalue weighted by Gasteiger charge is 2.12. The highest BCUT2D eigenvalue weighted by atomic mass is 32.2. The van der Waals surface area contributed by atoms with E-state index in [1.807, 2.05) is 0 Å². The minimum Gasteiger partial charge on any atom is -0.504 e. The van der Waals surface area contributed by atoms with Gasteiger partial charge >= 0.3 is 0 Å². The predicted octanol–water partition coefficient (Wildman–Crippen LogP) is 1.56. The Bertz CT molecular complexity index is 924. The van der Waals surface area contributed by atoms with E-state index >= 15 is 0 Å². The van der Waals surface area contributed by atoms with Crippen LogP contribution in [0.15, 0.2) is 47.6 Å². The number of phenols is 1. The van der Waals surface area contributed by atoms with Gasteiger partial charge in [0.05, 0.1) is 25.3 Å². The number of hydrogen-bond acceptors (Lipinski definition) is 6. The molecule has 0 bridgehead atoms. The molecule has 0 aromatic heterocycles. The van der Waals surface area contributed by atoms with Gasteiger partial charge in [-0.05, 0) is 48.0 Å². The molecule has 26 heavy (non-hydrogen) atoms. The second-order valence-electron chi connectivity index (χ2n) is 5.41. The molecule has 0 aliphatic heterocycles. The number of nitrogens with one attached hydrogen (secondary N) is 1. The van der Waals surface area contributed by atoms with Crippen LogP contribution in [0.3, 0.4) is 0 Å². The first-order valence-electron chi connectivity index (χ1n) is 7.46. The Morgan fingerprint density at radius 3 is 2.46 bits per heavy atom. The van der Waals surface area contributed by atoms with Crippen molar-refractivity contribution >= 4 is 27.8 Å². The summed E-state index contributed by atoms with van der Waals surface area (Å²) in [5, 5.41) is 13.4. The smallest absolute Gasteiger partial charge is 0.271 e. The highest BCUT2D eigenvalue weighted by Crippen LogP contribution is 2.25.